The van der Waals surface area contributed by atoms with Crippen LogP contribution in [0.2, 0.25) is 0 Å². The molecule has 0 atom stereocenters. The van der Waals surface area contributed by atoms with E-state index in [4.69, 9.17) is 4.74 Å². The molecule has 0 aliphatic heterocycles. The van der Waals surface area contributed by atoms with Crippen LogP contribution in [-0.2, 0) is 9.53 Å². The van der Waals surface area contributed by atoms with Gasteiger partial charge in [-0.25, -0.2) is 9.78 Å². The Balaban J connectivity index is 2.16. The van der Waals surface area contributed by atoms with Crippen LogP contribution in [0.5, 0.6) is 0 Å². The first kappa shape index (κ1) is 15.8. The highest BCUT2D eigenvalue weighted by Crippen LogP contribution is 2.31. The predicted molar refractivity (Wildman–Crippen MR) is 81.3 cm³/mol. The minimum absolute atomic E-state index is 0.248. The molecule has 1 aromatic heterocycles. The highest BCUT2D eigenvalue weighted by atomic mass is 32.2. The molecule has 0 unspecified atom stereocenters. The molecule has 2 rings (SSSR count). The standard InChI is InChI=1S/C15H20N2O3S/c1-3-20-14(19)15(7-4-5-8-15)17-13(18)11-6-9-16-12(10-11)21-2/h6,9-10H,3-5,7-8H2,1-2H3,(H,17,18). The summed E-state index contributed by atoms with van der Waals surface area (Å²) in [5, 5.41) is 3.67. The molecule has 0 saturated heterocycles. The summed E-state index contributed by atoms with van der Waals surface area (Å²) < 4.78 is 5.14. The molecular formula is C15H20N2O3S. The summed E-state index contributed by atoms with van der Waals surface area (Å²) in [5.74, 6) is -0.572. The summed E-state index contributed by atoms with van der Waals surface area (Å²) in [4.78, 5) is 28.8. The number of pyridine rings is 1. The van der Waals surface area contributed by atoms with Crippen LogP contribution in [0.3, 0.4) is 0 Å². The number of rotatable bonds is 5. The van der Waals surface area contributed by atoms with Crippen LogP contribution in [0.1, 0.15) is 43.0 Å². The van der Waals surface area contributed by atoms with Crippen molar-refractivity contribution in [3.05, 3.63) is 23.9 Å². The van der Waals surface area contributed by atoms with Crippen LogP contribution in [0, 0.1) is 0 Å². The van der Waals surface area contributed by atoms with Crippen molar-refractivity contribution in [3.8, 4) is 0 Å². The smallest absolute Gasteiger partial charge is 0.331 e. The highest BCUT2D eigenvalue weighted by molar-refractivity contribution is 7.98. The van der Waals surface area contributed by atoms with Crippen LogP contribution in [0.25, 0.3) is 0 Å². The number of aromatic nitrogens is 1. The summed E-state index contributed by atoms with van der Waals surface area (Å²) in [6.07, 6.45) is 6.63. The first-order valence-electron chi connectivity index (χ1n) is 7.11. The maximum absolute atomic E-state index is 12.4. The second-order valence-electron chi connectivity index (χ2n) is 5.05. The van der Waals surface area contributed by atoms with Gasteiger partial charge in [0.25, 0.3) is 5.91 Å². The SMILES string of the molecule is CCOC(=O)C1(NC(=O)c2ccnc(SC)c2)CCCC1. The van der Waals surface area contributed by atoms with Crippen LogP contribution in [-0.4, -0.2) is 35.3 Å². The van der Waals surface area contributed by atoms with Gasteiger partial charge in [0.2, 0.25) is 0 Å². The van der Waals surface area contributed by atoms with Crippen molar-refractivity contribution in [2.75, 3.05) is 12.9 Å². The summed E-state index contributed by atoms with van der Waals surface area (Å²) in [7, 11) is 0. The van der Waals surface area contributed by atoms with Crippen molar-refractivity contribution in [2.45, 2.75) is 43.2 Å². The Bertz CT molecular complexity index is 527. The molecule has 0 radical (unpaired) electrons. The number of esters is 1. The van der Waals surface area contributed by atoms with Crippen molar-refractivity contribution in [1.29, 1.82) is 0 Å². The van der Waals surface area contributed by atoms with E-state index in [1.165, 1.54) is 11.8 Å². The van der Waals surface area contributed by atoms with E-state index in [-0.39, 0.29) is 11.9 Å². The predicted octanol–water partition coefficient (Wildman–Crippen LogP) is 2.41. The second kappa shape index (κ2) is 6.93. The van der Waals surface area contributed by atoms with Crippen LogP contribution < -0.4 is 5.32 Å². The normalized spacial score (nSPS) is 16.5. The molecule has 1 aliphatic rings. The van der Waals surface area contributed by atoms with Crippen molar-refractivity contribution in [2.24, 2.45) is 0 Å². The minimum atomic E-state index is -0.865. The lowest BCUT2D eigenvalue weighted by Gasteiger charge is -2.27. The number of nitrogens with one attached hydrogen (secondary N) is 1. The molecule has 1 aromatic rings. The topological polar surface area (TPSA) is 68.3 Å². The number of nitrogens with zero attached hydrogens (tertiary/aromatic N) is 1. The molecule has 1 fully saturated rings. The molecule has 1 aliphatic carbocycles. The van der Waals surface area contributed by atoms with Gasteiger partial charge in [0.15, 0.2) is 0 Å². The average molecular weight is 308 g/mol. The molecule has 1 heterocycles. The van der Waals surface area contributed by atoms with Crippen molar-refractivity contribution in [1.82, 2.24) is 10.3 Å². The molecule has 114 valence electrons. The van der Waals surface area contributed by atoms with E-state index in [1.807, 2.05) is 6.26 Å². The number of thioether (sulfide) groups is 1. The number of hydrogen-bond acceptors (Lipinski definition) is 5. The fourth-order valence-electron chi connectivity index (χ4n) is 2.58. The summed E-state index contributed by atoms with van der Waals surface area (Å²) >= 11 is 1.47. The largest absolute Gasteiger partial charge is 0.464 e. The Morgan fingerprint density at radius 3 is 2.76 bits per heavy atom. The molecular weight excluding hydrogens is 288 g/mol. The Morgan fingerprint density at radius 1 is 1.43 bits per heavy atom. The lowest BCUT2D eigenvalue weighted by atomic mass is 9.97. The fraction of sp³-hybridized carbons (Fsp3) is 0.533. The van der Waals surface area contributed by atoms with E-state index >= 15 is 0 Å². The van der Waals surface area contributed by atoms with E-state index in [0.29, 0.717) is 25.0 Å². The van der Waals surface area contributed by atoms with Crippen LogP contribution in [0.4, 0.5) is 0 Å². The van der Waals surface area contributed by atoms with Crippen LogP contribution in [0.15, 0.2) is 23.4 Å². The Morgan fingerprint density at radius 2 is 2.14 bits per heavy atom. The van der Waals surface area contributed by atoms with Gasteiger partial charge < -0.3 is 10.1 Å². The quantitative estimate of drug-likeness (QED) is 0.668. The maximum atomic E-state index is 12.4. The molecule has 1 saturated carbocycles. The van der Waals surface area contributed by atoms with Crippen LogP contribution >= 0.6 is 11.8 Å². The van der Waals surface area contributed by atoms with E-state index < -0.39 is 5.54 Å². The summed E-state index contributed by atoms with van der Waals surface area (Å²) in [6.45, 7) is 2.10. The van der Waals surface area contributed by atoms with Crippen molar-refractivity contribution in [3.63, 3.8) is 0 Å². The van der Waals surface area contributed by atoms with E-state index in [1.54, 1.807) is 25.3 Å². The summed E-state index contributed by atoms with van der Waals surface area (Å²) in [6, 6.07) is 3.39. The first-order chi connectivity index (χ1) is 10.1. The maximum Gasteiger partial charge on any atom is 0.331 e. The van der Waals surface area contributed by atoms with E-state index in [0.717, 1.165) is 17.9 Å². The highest BCUT2D eigenvalue weighted by Gasteiger charge is 2.43. The zero-order chi connectivity index (χ0) is 15.3. The van der Waals surface area contributed by atoms with Gasteiger partial charge in [-0.2, -0.15) is 0 Å². The third-order valence-corrected chi connectivity index (χ3v) is 4.32. The molecule has 21 heavy (non-hydrogen) atoms. The third-order valence-electron chi connectivity index (χ3n) is 3.68. The van der Waals surface area contributed by atoms with Gasteiger partial charge in [-0.3, -0.25) is 4.79 Å². The zero-order valence-corrected chi connectivity index (χ0v) is 13.2. The fourth-order valence-corrected chi connectivity index (χ4v) is 2.99. The van der Waals surface area contributed by atoms with Gasteiger partial charge in [-0.05, 0) is 38.2 Å². The first-order valence-corrected chi connectivity index (χ1v) is 8.33. The minimum Gasteiger partial charge on any atom is -0.464 e. The monoisotopic (exact) mass is 308 g/mol. The number of carbonyl (C=O) groups excluding carboxylic acids is 2. The molecule has 0 spiro atoms. The second-order valence-corrected chi connectivity index (χ2v) is 5.88. The number of amides is 1. The summed E-state index contributed by atoms with van der Waals surface area (Å²) in [5.41, 5.74) is -0.347. The number of carbonyl (C=O) groups is 2. The zero-order valence-electron chi connectivity index (χ0n) is 12.3. The van der Waals surface area contributed by atoms with E-state index in [9.17, 15) is 9.59 Å². The lowest BCUT2D eigenvalue weighted by molar-refractivity contribution is -0.150. The van der Waals surface area contributed by atoms with Crippen molar-refractivity contribution >= 4 is 23.6 Å². The van der Waals surface area contributed by atoms with Crippen molar-refractivity contribution < 1.29 is 14.3 Å². The third kappa shape index (κ3) is 3.56. The molecule has 0 bridgehead atoms. The molecule has 5 nitrogen and oxygen atoms in total. The molecule has 1 amide bonds. The molecule has 6 heteroatoms. The molecule has 1 N–H and O–H groups in total. The number of hydrogen-bond donors (Lipinski definition) is 1. The molecule has 0 aromatic carbocycles. The van der Waals surface area contributed by atoms with E-state index in [2.05, 4.69) is 10.3 Å². The average Bonchev–Trinajstić information content (AvgIpc) is 2.97. The van der Waals surface area contributed by atoms with Gasteiger partial charge in [0, 0.05) is 11.8 Å². The van der Waals surface area contributed by atoms with Gasteiger partial charge in [0.05, 0.1) is 11.6 Å². The van der Waals surface area contributed by atoms with Gasteiger partial charge in [0.1, 0.15) is 5.54 Å². The Labute approximate surface area is 128 Å². The number of ether oxygens (including phenoxy) is 1. The van der Waals surface area contributed by atoms with Gasteiger partial charge in [-0.15, -0.1) is 11.8 Å². The lowest BCUT2D eigenvalue weighted by Crippen LogP contribution is -2.53. The Kier molecular flexibility index (Phi) is 5.22. The van der Waals surface area contributed by atoms with Gasteiger partial charge >= 0.3 is 5.97 Å². The Hall–Kier alpha value is -1.56. The van der Waals surface area contributed by atoms with Gasteiger partial charge in [-0.1, -0.05) is 12.8 Å².